The summed E-state index contributed by atoms with van der Waals surface area (Å²) in [6.45, 7) is 0.804. The number of aromatic amines is 1. The fraction of sp³-hybridized carbons (Fsp3) is 0.375. The van der Waals surface area contributed by atoms with Gasteiger partial charge in [0, 0.05) is 23.5 Å². The van der Waals surface area contributed by atoms with Crippen LogP contribution in [0.15, 0.2) is 30.5 Å². The van der Waals surface area contributed by atoms with E-state index in [4.69, 9.17) is 0 Å². The third kappa shape index (κ3) is 2.96. The lowest BCUT2D eigenvalue weighted by molar-refractivity contribution is -0.142. The van der Waals surface area contributed by atoms with Gasteiger partial charge in [-0.3, -0.25) is 4.79 Å². The molecule has 0 spiro atoms. The van der Waals surface area contributed by atoms with Crippen molar-refractivity contribution in [1.29, 1.82) is 0 Å². The van der Waals surface area contributed by atoms with Gasteiger partial charge in [-0.1, -0.05) is 18.2 Å². The molecule has 1 aromatic carbocycles. The molecule has 2 atom stereocenters. The molecule has 6 heteroatoms. The van der Waals surface area contributed by atoms with E-state index in [1.807, 2.05) is 24.3 Å². The van der Waals surface area contributed by atoms with E-state index < -0.39 is 12.0 Å². The molecule has 1 saturated heterocycles. The second-order valence-corrected chi connectivity index (χ2v) is 5.61. The van der Waals surface area contributed by atoms with Crippen LogP contribution in [-0.2, 0) is 16.0 Å². The van der Waals surface area contributed by atoms with Crippen molar-refractivity contribution in [3.05, 3.63) is 36.0 Å². The zero-order chi connectivity index (χ0) is 15.5. The quantitative estimate of drug-likeness (QED) is 0.663. The first-order valence-electron chi connectivity index (χ1n) is 7.46. The standard InChI is InChI=1S/C16H19N3O3/c20-15(13-6-3-7-17-13)19-14(16(21)22)8-10-9-18-12-5-2-1-4-11(10)12/h1-2,4-5,9,13-14,17-18H,3,6-8H2,(H,19,20)(H,21,22)/t13-,14+/m1/s1. The Bertz CT molecular complexity index is 689. The van der Waals surface area contributed by atoms with Gasteiger partial charge in [0.15, 0.2) is 0 Å². The molecule has 2 heterocycles. The van der Waals surface area contributed by atoms with Crippen molar-refractivity contribution < 1.29 is 14.7 Å². The van der Waals surface area contributed by atoms with Crippen molar-refractivity contribution in [2.45, 2.75) is 31.3 Å². The maximum Gasteiger partial charge on any atom is 0.326 e. The van der Waals surface area contributed by atoms with Gasteiger partial charge in [0.2, 0.25) is 5.91 Å². The van der Waals surface area contributed by atoms with Crippen LogP contribution < -0.4 is 10.6 Å². The molecule has 1 aromatic heterocycles. The van der Waals surface area contributed by atoms with E-state index in [1.165, 1.54) is 0 Å². The molecule has 116 valence electrons. The van der Waals surface area contributed by atoms with Crippen molar-refractivity contribution >= 4 is 22.8 Å². The Morgan fingerprint density at radius 2 is 2.18 bits per heavy atom. The molecule has 0 unspecified atom stereocenters. The Balaban J connectivity index is 1.74. The molecule has 0 aliphatic carbocycles. The van der Waals surface area contributed by atoms with E-state index in [0.717, 1.165) is 35.9 Å². The SMILES string of the molecule is O=C(O)[C@H](Cc1c[nH]c2ccccc12)NC(=O)[C@H]1CCCN1. The van der Waals surface area contributed by atoms with Gasteiger partial charge in [-0.15, -0.1) is 0 Å². The molecule has 2 aromatic rings. The van der Waals surface area contributed by atoms with Gasteiger partial charge in [0.25, 0.3) is 0 Å². The van der Waals surface area contributed by atoms with Crippen LogP contribution >= 0.6 is 0 Å². The van der Waals surface area contributed by atoms with E-state index in [9.17, 15) is 14.7 Å². The van der Waals surface area contributed by atoms with Gasteiger partial charge in [-0.25, -0.2) is 4.79 Å². The number of carbonyl (C=O) groups is 2. The fourth-order valence-electron chi connectivity index (χ4n) is 2.90. The average molecular weight is 301 g/mol. The third-order valence-electron chi connectivity index (χ3n) is 4.09. The molecule has 0 radical (unpaired) electrons. The number of fused-ring (bicyclic) bond motifs is 1. The molecule has 1 fully saturated rings. The van der Waals surface area contributed by atoms with Gasteiger partial charge >= 0.3 is 5.97 Å². The highest BCUT2D eigenvalue weighted by atomic mass is 16.4. The molecule has 1 aliphatic rings. The van der Waals surface area contributed by atoms with Crippen LogP contribution in [0.1, 0.15) is 18.4 Å². The van der Waals surface area contributed by atoms with Crippen LogP contribution in [0.3, 0.4) is 0 Å². The molecule has 22 heavy (non-hydrogen) atoms. The van der Waals surface area contributed by atoms with Crippen LogP contribution in [0, 0.1) is 0 Å². The number of carbonyl (C=O) groups excluding carboxylic acids is 1. The summed E-state index contributed by atoms with van der Waals surface area (Å²) in [6.07, 6.45) is 3.77. The number of benzene rings is 1. The van der Waals surface area contributed by atoms with Crippen LogP contribution in [0.2, 0.25) is 0 Å². The number of hydrogen-bond donors (Lipinski definition) is 4. The maximum atomic E-state index is 12.1. The summed E-state index contributed by atoms with van der Waals surface area (Å²) in [6, 6.07) is 6.52. The average Bonchev–Trinajstić information content (AvgIpc) is 3.16. The number of carboxylic acid groups (broad SMARTS) is 1. The van der Waals surface area contributed by atoms with Gasteiger partial charge in [-0.2, -0.15) is 0 Å². The predicted molar refractivity (Wildman–Crippen MR) is 82.6 cm³/mol. The summed E-state index contributed by atoms with van der Waals surface area (Å²) in [5.74, 6) is -1.25. The summed E-state index contributed by atoms with van der Waals surface area (Å²) < 4.78 is 0. The summed E-state index contributed by atoms with van der Waals surface area (Å²) >= 11 is 0. The first-order chi connectivity index (χ1) is 10.6. The lowest BCUT2D eigenvalue weighted by Gasteiger charge is -2.17. The minimum Gasteiger partial charge on any atom is -0.480 e. The van der Waals surface area contributed by atoms with Crippen LogP contribution in [0.5, 0.6) is 0 Å². The molecule has 1 amide bonds. The van der Waals surface area contributed by atoms with Crippen molar-refractivity contribution in [2.75, 3.05) is 6.54 Å². The number of H-pyrrole nitrogens is 1. The maximum absolute atomic E-state index is 12.1. The highest BCUT2D eigenvalue weighted by molar-refractivity contribution is 5.88. The van der Waals surface area contributed by atoms with Crippen LogP contribution in [0.4, 0.5) is 0 Å². The van der Waals surface area contributed by atoms with E-state index in [-0.39, 0.29) is 18.4 Å². The number of para-hydroxylation sites is 1. The van der Waals surface area contributed by atoms with Crippen molar-refractivity contribution in [3.63, 3.8) is 0 Å². The summed E-state index contributed by atoms with van der Waals surface area (Å²) in [5, 5.41) is 16.1. The number of carboxylic acids is 1. The molecule has 1 aliphatic heterocycles. The molecular weight excluding hydrogens is 282 g/mol. The molecule has 6 nitrogen and oxygen atoms in total. The van der Waals surface area contributed by atoms with Crippen molar-refractivity contribution in [3.8, 4) is 0 Å². The highest BCUT2D eigenvalue weighted by Crippen LogP contribution is 2.19. The Kier molecular flexibility index (Phi) is 4.11. The molecule has 3 rings (SSSR count). The van der Waals surface area contributed by atoms with Gasteiger partial charge in [0.05, 0.1) is 6.04 Å². The smallest absolute Gasteiger partial charge is 0.326 e. The zero-order valence-electron chi connectivity index (χ0n) is 12.1. The summed E-state index contributed by atoms with van der Waals surface area (Å²) in [7, 11) is 0. The fourth-order valence-corrected chi connectivity index (χ4v) is 2.90. The van der Waals surface area contributed by atoms with Crippen molar-refractivity contribution in [1.82, 2.24) is 15.6 Å². The number of hydrogen-bond acceptors (Lipinski definition) is 3. The minimum absolute atomic E-state index is 0.232. The van der Waals surface area contributed by atoms with E-state index in [1.54, 1.807) is 6.20 Å². The second kappa shape index (κ2) is 6.19. The summed E-state index contributed by atoms with van der Waals surface area (Å²) in [4.78, 5) is 26.7. The third-order valence-corrected chi connectivity index (χ3v) is 4.09. The monoisotopic (exact) mass is 301 g/mol. The zero-order valence-corrected chi connectivity index (χ0v) is 12.1. The predicted octanol–water partition coefficient (Wildman–Crippen LogP) is 1.03. The molecule has 0 saturated carbocycles. The summed E-state index contributed by atoms with van der Waals surface area (Å²) in [5.41, 5.74) is 1.85. The first-order valence-corrected chi connectivity index (χ1v) is 7.46. The largest absolute Gasteiger partial charge is 0.480 e. The Hall–Kier alpha value is -2.34. The van der Waals surface area contributed by atoms with E-state index >= 15 is 0 Å². The van der Waals surface area contributed by atoms with Crippen LogP contribution in [-0.4, -0.2) is 40.6 Å². The van der Waals surface area contributed by atoms with Gasteiger partial charge < -0.3 is 20.7 Å². The van der Waals surface area contributed by atoms with E-state index in [2.05, 4.69) is 15.6 Å². The van der Waals surface area contributed by atoms with Crippen molar-refractivity contribution in [2.24, 2.45) is 0 Å². The Morgan fingerprint density at radius 1 is 1.36 bits per heavy atom. The number of rotatable bonds is 5. The van der Waals surface area contributed by atoms with E-state index in [0.29, 0.717) is 0 Å². The first kappa shape index (κ1) is 14.6. The van der Waals surface area contributed by atoms with Gasteiger partial charge in [0.1, 0.15) is 6.04 Å². The molecular formula is C16H19N3O3. The molecule has 0 bridgehead atoms. The lowest BCUT2D eigenvalue weighted by Crippen LogP contribution is -2.49. The minimum atomic E-state index is -1.02. The topological polar surface area (TPSA) is 94.2 Å². The number of aliphatic carboxylic acids is 1. The van der Waals surface area contributed by atoms with Crippen LogP contribution in [0.25, 0.3) is 10.9 Å². The number of aromatic nitrogens is 1. The highest BCUT2D eigenvalue weighted by Gasteiger charge is 2.27. The number of nitrogens with one attached hydrogen (secondary N) is 3. The normalized spacial score (nSPS) is 19.2. The Morgan fingerprint density at radius 3 is 2.91 bits per heavy atom. The lowest BCUT2D eigenvalue weighted by atomic mass is 10.0. The second-order valence-electron chi connectivity index (χ2n) is 5.61. The number of amides is 1. The molecule has 4 N–H and O–H groups in total. The Labute approximate surface area is 127 Å². The van der Waals surface area contributed by atoms with Gasteiger partial charge in [-0.05, 0) is 31.0 Å².